The monoisotopic (exact) mass is 252 g/mol. The lowest BCUT2D eigenvalue weighted by atomic mass is 10.2. The fourth-order valence-corrected chi connectivity index (χ4v) is 1.96. The van der Waals surface area contributed by atoms with Crippen molar-refractivity contribution in [3.05, 3.63) is 29.6 Å². The van der Waals surface area contributed by atoms with E-state index in [9.17, 15) is 4.79 Å². The highest BCUT2D eigenvalue weighted by Gasteiger charge is 2.13. The summed E-state index contributed by atoms with van der Waals surface area (Å²) < 4.78 is 6.46. The van der Waals surface area contributed by atoms with Crippen molar-refractivity contribution in [3.63, 3.8) is 0 Å². The smallest absolute Gasteiger partial charge is 0.325 e. The third-order valence-electron chi connectivity index (χ3n) is 2.62. The molecule has 0 bridgehead atoms. The zero-order valence-electron chi connectivity index (χ0n) is 9.74. The zero-order chi connectivity index (χ0) is 12.4. The van der Waals surface area contributed by atoms with Gasteiger partial charge in [-0.2, -0.15) is 0 Å². The van der Waals surface area contributed by atoms with E-state index in [2.05, 4.69) is 9.72 Å². The van der Waals surface area contributed by atoms with Gasteiger partial charge in [0.2, 0.25) is 0 Å². The molecule has 2 aromatic rings. The lowest BCUT2D eigenvalue weighted by molar-refractivity contribution is -0.141. The second-order valence-corrected chi connectivity index (χ2v) is 4.08. The molecule has 90 valence electrons. The van der Waals surface area contributed by atoms with Gasteiger partial charge < -0.3 is 9.30 Å². The van der Waals surface area contributed by atoms with Gasteiger partial charge >= 0.3 is 5.97 Å². The van der Waals surface area contributed by atoms with Crippen LogP contribution in [0.3, 0.4) is 0 Å². The molecule has 2 rings (SSSR count). The molecule has 0 radical (unpaired) electrons. The molecule has 0 spiro atoms. The molecule has 0 aliphatic carbocycles. The summed E-state index contributed by atoms with van der Waals surface area (Å²) in [6.45, 7) is 2.13. The maximum absolute atomic E-state index is 11.4. The SMILES string of the molecule is COC(=O)Cn1c(CCl)nc2ccc(C)cc21. The summed E-state index contributed by atoms with van der Waals surface area (Å²) in [4.78, 5) is 15.7. The van der Waals surface area contributed by atoms with Crippen LogP contribution < -0.4 is 0 Å². The molecule has 0 amide bonds. The van der Waals surface area contributed by atoms with Gasteiger partial charge in [0, 0.05) is 0 Å². The van der Waals surface area contributed by atoms with Crippen LogP contribution in [0, 0.1) is 6.92 Å². The van der Waals surface area contributed by atoms with Crippen molar-refractivity contribution in [2.45, 2.75) is 19.3 Å². The summed E-state index contributed by atoms with van der Waals surface area (Å²) in [6.07, 6.45) is 0. The van der Waals surface area contributed by atoms with E-state index < -0.39 is 0 Å². The fraction of sp³-hybridized carbons (Fsp3) is 0.333. The first-order valence-electron chi connectivity index (χ1n) is 5.24. The largest absolute Gasteiger partial charge is 0.468 e. The van der Waals surface area contributed by atoms with Crippen molar-refractivity contribution in [1.29, 1.82) is 0 Å². The average molecular weight is 253 g/mol. The van der Waals surface area contributed by atoms with Crippen LogP contribution >= 0.6 is 11.6 Å². The lowest BCUT2D eigenvalue weighted by Crippen LogP contribution is -2.13. The quantitative estimate of drug-likeness (QED) is 0.622. The summed E-state index contributed by atoms with van der Waals surface area (Å²) in [5.74, 6) is 0.639. The Morgan fingerprint density at radius 1 is 1.53 bits per heavy atom. The zero-order valence-corrected chi connectivity index (χ0v) is 10.5. The Hall–Kier alpha value is -1.55. The average Bonchev–Trinajstić information content (AvgIpc) is 2.67. The van der Waals surface area contributed by atoms with Crippen LogP contribution in [0.4, 0.5) is 0 Å². The molecule has 0 atom stereocenters. The number of carbonyl (C=O) groups is 1. The van der Waals surface area contributed by atoms with Crippen LogP contribution in [0.2, 0.25) is 0 Å². The van der Waals surface area contributed by atoms with Crippen LogP contribution in [0.25, 0.3) is 11.0 Å². The molecule has 4 nitrogen and oxygen atoms in total. The van der Waals surface area contributed by atoms with E-state index in [1.807, 2.05) is 25.1 Å². The van der Waals surface area contributed by atoms with Gasteiger partial charge in [-0.05, 0) is 24.6 Å². The molecular weight excluding hydrogens is 240 g/mol. The van der Waals surface area contributed by atoms with E-state index in [0.717, 1.165) is 16.6 Å². The van der Waals surface area contributed by atoms with Gasteiger partial charge in [0.1, 0.15) is 12.4 Å². The number of imidazole rings is 1. The summed E-state index contributed by atoms with van der Waals surface area (Å²) in [5, 5.41) is 0. The van der Waals surface area contributed by atoms with Crippen molar-refractivity contribution in [2.24, 2.45) is 0 Å². The molecule has 0 saturated heterocycles. The number of carbonyl (C=O) groups excluding carboxylic acids is 1. The molecule has 1 aromatic heterocycles. The highest BCUT2D eigenvalue weighted by Crippen LogP contribution is 2.19. The Morgan fingerprint density at radius 2 is 2.29 bits per heavy atom. The molecular formula is C12H13ClN2O2. The second-order valence-electron chi connectivity index (χ2n) is 3.82. The van der Waals surface area contributed by atoms with Crippen molar-refractivity contribution in [2.75, 3.05) is 7.11 Å². The molecule has 1 aromatic carbocycles. The predicted molar refractivity (Wildman–Crippen MR) is 66.0 cm³/mol. The third kappa shape index (κ3) is 2.26. The van der Waals surface area contributed by atoms with Crippen molar-refractivity contribution in [1.82, 2.24) is 9.55 Å². The minimum Gasteiger partial charge on any atom is -0.468 e. The van der Waals surface area contributed by atoms with Gasteiger partial charge in [0.15, 0.2) is 0 Å². The van der Waals surface area contributed by atoms with Gasteiger partial charge in [-0.1, -0.05) is 6.07 Å². The highest BCUT2D eigenvalue weighted by atomic mass is 35.5. The fourth-order valence-electron chi connectivity index (χ4n) is 1.75. The van der Waals surface area contributed by atoms with E-state index in [0.29, 0.717) is 5.82 Å². The lowest BCUT2D eigenvalue weighted by Gasteiger charge is -2.06. The van der Waals surface area contributed by atoms with Gasteiger partial charge in [-0.3, -0.25) is 4.79 Å². The number of fused-ring (bicyclic) bond motifs is 1. The van der Waals surface area contributed by atoms with Gasteiger partial charge in [-0.25, -0.2) is 4.98 Å². The number of aromatic nitrogens is 2. The number of ether oxygens (including phenoxy) is 1. The minimum absolute atomic E-state index is 0.137. The normalized spacial score (nSPS) is 10.8. The number of hydrogen-bond donors (Lipinski definition) is 0. The van der Waals surface area contributed by atoms with Gasteiger partial charge in [-0.15, -0.1) is 11.6 Å². The maximum atomic E-state index is 11.4. The number of nitrogens with zero attached hydrogens (tertiary/aromatic N) is 2. The molecule has 0 fully saturated rings. The standard InChI is InChI=1S/C12H13ClN2O2/c1-8-3-4-9-10(5-8)15(7-12(16)17-2)11(6-13)14-9/h3-5H,6-7H2,1-2H3. The van der Waals surface area contributed by atoms with Crippen molar-refractivity contribution < 1.29 is 9.53 Å². The summed E-state index contributed by atoms with van der Waals surface area (Å²) >= 11 is 5.83. The number of halogens is 1. The highest BCUT2D eigenvalue weighted by molar-refractivity contribution is 6.16. The predicted octanol–water partition coefficient (Wildman–Crippen LogP) is 2.26. The molecule has 0 aliphatic heterocycles. The van der Waals surface area contributed by atoms with Crippen LogP contribution in [-0.4, -0.2) is 22.6 Å². The van der Waals surface area contributed by atoms with Gasteiger partial charge in [0.25, 0.3) is 0 Å². The van der Waals surface area contributed by atoms with Crippen molar-refractivity contribution >= 4 is 28.6 Å². The Labute approximate surface area is 104 Å². The second kappa shape index (κ2) is 4.75. The van der Waals surface area contributed by atoms with Crippen molar-refractivity contribution in [3.8, 4) is 0 Å². The first kappa shape index (κ1) is 11.9. The number of hydrogen-bond acceptors (Lipinski definition) is 3. The Kier molecular flexibility index (Phi) is 3.33. The van der Waals surface area contributed by atoms with Crippen LogP contribution in [0.1, 0.15) is 11.4 Å². The molecule has 0 N–H and O–H groups in total. The summed E-state index contributed by atoms with van der Waals surface area (Å²) in [6, 6.07) is 5.89. The first-order valence-corrected chi connectivity index (χ1v) is 5.77. The number of methoxy groups -OCH3 is 1. The molecule has 5 heteroatoms. The number of esters is 1. The molecule has 1 heterocycles. The Morgan fingerprint density at radius 3 is 2.94 bits per heavy atom. The topological polar surface area (TPSA) is 44.1 Å². The number of aryl methyl sites for hydroxylation is 1. The van der Waals surface area contributed by atoms with Crippen LogP contribution in [0.15, 0.2) is 18.2 Å². The maximum Gasteiger partial charge on any atom is 0.325 e. The molecule has 0 aliphatic rings. The minimum atomic E-state index is -0.308. The summed E-state index contributed by atoms with van der Waals surface area (Å²) in [7, 11) is 1.37. The third-order valence-corrected chi connectivity index (χ3v) is 2.86. The number of alkyl halides is 1. The molecule has 0 unspecified atom stereocenters. The van der Waals surface area contributed by atoms with Crippen LogP contribution in [0.5, 0.6) is 0 Å². The van der Waals surface area contributed by atoms with E-state index in [1.54, 1.807) is 4.57 Å². The molecule has 17 heavy (non-hydrogen) atoms. The van der Waals surface area contributed by atoms with E-state index in [4.69, 9.17) is 11.6 Å². The Bertz CT molecular complexity index is 563. The summed E-state index contributed by atoms with van der Waals surface area (Å²) in [5.41, 5.74) is 2.87. The molecule has 0 saturated carbocycles. The number of benzene rings is 1. The Balaban J connectivity index is 2.56. The van der Waals surface area contributed by atoms with E-state index >= 15 is 0 Å². The van der Waals surface area contributed by atoms with Gasteiger partial charge in [0.05, 0.1) is 24.0 Å². The van der Waals surface area contributed by atoms with E-state index in [1.165, 1.54) is 7.11 Å². The number of rotatable bonds is 3. The van der Waals surface area contributed by atoms with E-state index in [-0.39, 0.29) is 18.4 Å². The van der Waals surface area contributed by atoms with Crippen LogP contribution in [-0.2, 0) is 22.0 Å². The first-order chi connectivity index (χ1) is 8.15.